The van der Waals surface area contributed by atoms with Crippen LogP contribution in [0.15, 0.2) is 30.3 Å². The van der Waals surface area contributed by atoms with E-state index in [0.717, 1.165) is 30.2 Å². The molecule has 0 aromatic heterocycles. The van der Waals surface area contributed by atoms with Gasteiger partial charge in [-0.3, -0.25) is 4.79 Å². The minimum Gasteiger partial charge on any atom is -0.353 e. The average Bonchev–Trinajstić information content (AvgIpc) is 2.48. The predicted molar refractivity (Wildman–Crippen MR) is 86.7 cm³/mol. The van der Waals surface area contributed by atoms with Crippen LogP contribution < -0.4 is 11.1 Å². The highest BCUT2D eigenvalue weighted by Crippen LogP contribution is 2.30. The first-order valence-electron chi connectivity index (χ1n) is 8.16. The molecule has 3 N–H and O–H groups in total. The van der Waals surface area contributed by atoms with Crippen LogP contribution in [0.4, 0.5) is 0 Å². The summed E-state index contributed by atoms with van der Waals surface area (Å²) < 4.78 is 0. The van der Waals surface area contributed by atoms with Crippen LogP contribution in [0.3, 0.4) is 0 Å². The van der Waals surface area contributed by atoms with Gasteiger partial charge in [0.1, 0.15) is 0 Å². The van der Waals surface area contributed by atoms with Crippen molar-refractivity contribution in [3.63, 3.8) is 0 Å². The molecule has 1 atom stereocenters. The monoisotopic (exact) mass is 288 g/mol. The highest BCUT2D eigenvalue weighted by Gasteiger charge is 2.24. The summed E-state index contributed by atoms with van der Waals surface area (Å²) in [6.45, 7) is 4.59. The van der Waals surface area contributed by atoms with Gasteiger partial charge in [0.05, 0.1) is 0 Å². The summed E-state index contributed by atoms with van der Waals surface area (Å²) in [5, 5.41) is 3.16. The van der Waals surface area contributed by atoms with Crippen LogP contribution in [0.25, 0.3) is 0 Å². The molecule has 0 heterocycles. The molecule has 1 aliphatic carbocycles. The SMILES string of the molecule is CC(C)C1CCC(NC(=O)CC(N)c2ccccc2)CC1. The molecule has 0 bridgehead atoms. The Bertz CT molecular complexity index is 436. The molecule has 3 heteroatoms. The van der Waals surface area contributed by atoms with E-state index in [2.05, 4.69) is 19.2 Å². The Kier molecular flexibility index (Phi) is 5.80. The van der Waals surface area contributed by atoms with Crippen LogP contribution in [-0.4, -0.2) is 11.9 Å². The fraction of sp³-hybridized carbons (Fsp3) is 0.611. The number of amides is 1. The number of benzene rings is 1. The molecular weight excluding hydrogens is 260 g/mol. The van der Waals surface area contributed by atoms with E-state index in [4.69, 9.17) is 5.73 Å². The van der Waals surface area contributed by atoms with Crippen molar-refractivity contribution in [3.05, 3.63) is 35.9 Å². The highest BCUT2D eigenvalue weighted by molar-refractivity contribution is 5.77. The largest absolute Gasteiger partial charge is 0.353 e. The maximum atomic E-state index is 12.1. The van der Waals surface area contributed by atoms with Gasteiger partial charge in [0.15, 0.2) is 0 Å². The molecule has 1 aliphatic rings. The topological polar surface area (TPSA) is 55.1 Å². The van der Waals surface area contributed by atoms with E-state index in [1.807, 2.05) is 30.3 Å². The summed E-state index contributed by atoms with van der Waals surface area (Å²) >= 11 is 0. The van der Waals surface area contributed by atoms with Gasteiger partial charge in [0, 0.05) is 18.5 Å². The van der Waals surface area contributed by atoms with Crippen LogP contribution >= 0.6 is 0 Å². The van der Waals surface area contributed by atoms with Crippen LogP contribution in [0.2, 0.25) is 0 Å². The fourth-order valence-electron chi connectivity index (χ4n) is 3.23. The minimum atomic E-state index is -0.210. The Morgan fingerprint density at radius 2 is 1.81 bits per heavy atom. The zero-order valence-corrected chi connectivity index (χ0v) is 13.2. The predicted octanol–water partition coefficient (Wildman–Crippen LogP) is 3.41. The molecule has 116 valence electrons. The van der Waals surface area contributed by atoms with E-state index < -0.39 is 0 Å². The molecule has 21 heavy (non-hydrogen) atoms. The number of carbonyl (C=O) groups excluding carboxylic acids is 1. The van der Waals surface area contributed by atoms with Gasteiger partial charge in [-0.15, -0.1) is 0 Å². The standard InChI is InChI=1S/C18H28N2O/c1-13(2)14-8-10-16(11-9-14)20-18(21)12-17(19)15-6-4-3-5-7-15/h3-7,13-14,16-17H,8-12,19H2,1-2H3,(H,20,21). The van der Waals surface area contributed by atoms with Crippen molar-refractivity contribution in [2.24, 2.45) is 17.6 Å². The Hall–Kier alpha value is -1.35. The molecule has 1 fully saturated rings. The first-order valence-corrected chi connectivity index (χ1v) is 8.16. The van der Waals surface area contributed by atoms with Crippen molar-refractivity contribution in [1.29, 1.82) is 0 Å². The molecule has 0 spiro atoms. The molecule has 1 aromatic carbocycles. The molecule has 1 unspecified atom stereocenters. The van der Waals surface area contributed by atoms with E-state index in [9.17, 15) is 4.79 Å². The molecule has 3 nitrogen and oxygen atoms in total. The van der Waals surface area contributed by atoms with Gasteiger partial charge in [0.2, 0.25) is 5.91 Å². The van der Waals surface area contributed by atoms with Gasteiger partial charge in [-0.25, -0.2) is 0 Å². The molecule has 1 saturated carbocycles. The van der Waals surface area contributed by atoms with Gasteiger partial charge in [0.25, 0.3) is 0 Å². The van der Waals surface area contributed by atoms with Crippen molar-refractivity contribution in [2.75, 3.05) is 0 Å². The van der Waals surface area contributed by atoms with Crippen molar-refractivity contribution in [3.8, 4) is 0 Å². The second kappa shape index (κ2) is 7.60. The van der Waals surface area contributed by atoms with Crippen LogP contribution in [0.5, 0.6) is 0 Å². The normalized spacial score (nSPS) is 23.8. The summed E-state index contributed by atoms with van der Waals surface area (Å²) in [7, 11) is 0. The quantitative estimate of drug-likeness (QED) is 0.872. The third kappa shape index (κ3) is 4.85. The summed E-state index contributed by atoms with van der Waals surface area (Å²) in [6, 6.07) is 9.97. The fourth-order valence-corrected chi connectivity index (χ4v) is 3.23. The van der Waals surface area contributed by atoms with E-state index >= 15 is 0 Å². The number of nitrogens with two attached hydrogens (primary N) is 1. The molecular formula is C18H28N2O. The molecule has 0 saturated heterocycles. The summed E-state index contributed by atoms with van der Waals surface area (Å²) in [6.07, 6.45) is 5.04. The molecule has 0 aliphatic heterocycles. The lowest BCUT2D eigenvalue weighted by Gasteiger charge is -2.31. The second-order valence-electron chi connectivity index (χ2n) is 6.64. The zero-order chi connectivity index (χ0) is 15.2. The minimum absolute atomic E-state index is 0.0827. The first kappa shape index (κ1) is 16.0. The lowest BCUT2D eigenvalue weighted by molar-refractivity contribution is -0.122. The van der Waals surface area contributed by atoms with Crippen LogP contribution in [0.1, 0.15) is 57.6 Å². The van der Waals surface area contributed by atoms with Gasteiger partial charge in [-0.05, 0) is 43.1 Å². The maximum absolute atomic E-state index is 12.1. The first-order chi connectivity index (χ1) is 10.1. The summed E-state index contributed by atoms with van der Waals surface area (Å²) in [5.41, 5.74) is 7.13. The summed E-state index contributed by atoms with van der Waals surface area (Å²) in [4.78, 5) is 12.1. The Labute approximate surface area is 128 Å². The maximum Gasteiger partial charge on any atom is 0.222 e. The van der Waals surface area contributed by atoms with E-state index in [1.54, 1.807) is 0 Å². The van der Waals surface area contributed by atoms with E-state index in [-0.39, 0.29) is 11.9 Å². The Morgan fingerprint density at radius 1 is 1.19 bits per heavy atom. The average molecular weight is 288 g/mol. The van der Waals surface area contributed by atoms with Gasteiger partial charge in [-0.1, -0.05) is 44.2 Å². The third-order valence-corrected chi connectivity index (χ3v) is 4.71. The number of nitrogens with one attached hydrogen (secondary N) is 1. The molecule has 2 rings (SSSR count). The number of carbonyl (C=O) groups is 1. The van der Waals surface area contributed by atoms with Crippen molar-refractivity contribution in [1.82, 2.24) is 5.32 Å². The highest BCUT2D eigenvalue weighted by atomic mass is 16.1. The van der Waals surface area contributed by atoms with Crippen molar-refractivity contribution < 1.29 is 4.79 Å². The smallest absolute Gasteiger partial charge is 0.222 e. The number of rotatable bonds is 5. The number of hydrogen-bond acceptors (Lipinski definition) is 2. The van der Waals surface area contributed by atoms with E-state index in [0.29, 0.717) is 12.5 Å². The Morgan fingerprint density at radius 3 is 2.38 bits per heavy atom. The number of hydrogen-bond donors (Lipinski definition) is 2. The molecule has 1 amide bonds. The Balaban J connectivity index is 1.75. The molecule has 1 aromatic rings. The van der Waals surface area contributed by atoms with Crippen molar-refractivity contribution >= 4 is 5.91 Å². The summed E-state index contributed by atoms with van der Waals surface area (Å²) in [5.74, 6) is 1.66. The lowest BCUT2D eigenvalue weighted by Crippen LogP contribution is -2.39. The van der Waals surface area contributed by atoms with Crippen LogP contribution in [-0.2, 0) is 4.79 Å². The van der Waals surface area contributed by atoms with Crippen molar-refractivity contribution in [2.45, 2.75) is 58.0 Å². The second-order valence-corrected chi connectivity index (χ2v) is 6.64. The van der Waals surface area contributed by atoms with E-state index in [1.165, 1.54) is 12.8 Å². The van der Waals surface area contributed by atoms with Gasteiger partial charge in [-0.2, -0.15) is 0 Å². The third-order valence-electron chi connectivity index (χ3n) is 4.71. The lowest BCUT2D eigenvalue weighted by atomic mass is 9.79. The van der Waals surface area contributed by atoms with Gasteiger partial charge >= 0.3 is 0 Å². The van der Waals surface area contributed by atoms with Gasteiger partial charge < -0.3 is 11.1 Å². The zero-order valence-electron chi connectivity index (χ0n) is 13.2. The molecule has 0 radical (unpaired) electrons. The van der Waals surface area contributed by atoms with Crippen LogP contribution in [0, 0.1) is 11.8 Å².